The fourth-order valence-electron chi connectivity index (χ4n) is 8.27. The summed E-state index contributed by atoms with van der Waals surface area (Å²) in [4.78, 5) is 38.3. The van der Waals surface area contributed by atoms with E-state index in [1.165, 1.54) is 6.92 Å². The molecule has 4 heterocycles. The van der Waals surface area contributed by atoms with Gasteiger partial charge in [-0.2, -0.15) is 0 Å². The van der Waals surface area contributed by atoms with Gasteiger partial charge in [0.25, 0.3) is 0 Å². The molecule has 0 amide bonds. The molecule has 0 aromatic carbocycles. The highest BCUT2D eigenvalue weighted by Crippen LogP contribution is 2.84. The Kier molecular flexibility index (Phi) is 3.15. The zero-order valence-corrected chi connectivity index (χ0v) is 17.3. The highest BCUT2D eigenvalue weighted by molar-refractivity contribution is 5.94. The lowest BCUT2D eigenvalue weighted by Gasteiger charge is -2.47. The molecular weight excluding hydrogens is 416 g/mol. The van der Waals surface area contributed by atoms with Crippen molar-refractivity contribution < 1.29 is 53.8 Å². The first-order chi connectivity index (χ1) is 14.3. The van der Waals surface area contributed by atoms with E-state index in [-0.39, 0.29) is 0 Å². The van der Waals surface area contributed by atoms with E-state index >= 15 is 0 Å². The van der Waals surface area contributed by atoms with Crippen LogP contribution in [-0.4, -0.2) is 86.3 Å². The smallest absolute Gasteiger partial charge is 0.343 e. The third-order valence-corrected chi connectivity index (χ3v) is 8.95. The monoisotopic (exact) mass is 440 g/mol. The van der Waals surface area contributed by atoms with Gasteiger partial charge in [-0.05, 0) is 12.3 Å². The van der Waals surface area contributed by atoms with Crippen LogP contribution in [0.1, 0.15) is 27.7 Å². The molecule has 0 aromatic heterocycles. The van der Waals surface area contributed by atoms with Gasteiger partial charge in [0, 0.05) is 5.92 Å². The summed E-state index contributed by atoms with van der Waals surface area (Å²) in [5.74, 6) is -5.22. The first kappa shape index (κ1) is 19.9. The molecule has 170 valence electrons. The van der Waals surface area contributed by atoms with Crippen LogP contribution >= 0.6 is 0 Å². The van der Waals surface area contributed by atoms with Crippen LogP contribution in [0.5, 0.6) is 0 Å². The van der Waals surface area contributed by atoms with Crippen LogP contribution < -0.4 is 0 Å². The molecule has 0 bridgehead atoms. The number of aliphatic hydroxyl groups excluding tert-OH is 3. The maximum Gasteiger partial charge on any atom is 0.343 e. The maximum absolute atomic E-state index is 13.4. The van der Waals surface area contributed by atoms with Gasteiger partial charge in [-0.1, -0.05) is 20.8 Å². The second kappa shape index (κ2) is 4.91. The molecule has 12 atom stereocenters. The molecule has 0 unspecified atom stereocenters. The number of esters is 3. The van der Waals surface area contributed by atoms with Crippen LogP contribution in [0.3, 0.4) is 0 Å². The standard InChI is InChI=1S/C20H24O11/c1-5-12(24)28-11-8(22)18-10-6(21)7(16(2,3)4)17(18)9(23)13(25)30-15(17)31-20(18,14(26)29-10)19(5,11)27/h5-11,15,21-23,27H,1-4H3/t5-,6-,7+,8-,9+,10-,11+,15+,17+,18-,19-,20+/m1/s1. The number of rotatable bonds is 0. The zero-order valence-electron chi connectivity index (χ0n) is 17.3. The highest BCUT2D eigenvalue weighted by atomic mass is 16.8. The van der Waals surface area contributed by atoms with Gasteiger partial charge in [0.15, 0.2) is 17.8 Å². The van der Waals surface area contributed by atoms with Crippen LogP contribution in [-0.2, 0) is 33.3 Å². The van der Waals surface area contributed by atoms with E-state index in [4.69, 9.17) is 18.9 Å². The van der Waals surface area contributed by atoms with Crippen molar-refractivity contribution in [2.24, 2.45) is 28.1 Å². The first-order valence-electron chi connectivity index (χ1n) is 10.3. The van der Waals surface area contributed by atoms with Crippen molar-refractivity contribution in [2.75, 3.05) is 0 Å². The van der Waals surface area contributed by atoms with E-state index in [1.807, 2.05) is 0 Å². The lowest BCUT2D eigenvalue weighted by molar-refractivity contribution is -0.240. The first-order valence-corrected chi connectivity index (χ1v) is 10.3. The van der Waals surface area contributed by atoms with Gasteiger partial charge >= 0.3 is 17.9 Å². The van der Waals surface area contributed by atoms with Crippen molar-refractivity contribution in [3.8, 4) is 0 Å². The lowest BCUT2D eigenvalue weighted by Crippen LogP contribution is -2.67. The van der Waals surface area contributed by atoms with Crippen molar-refractivity contribution in [3.05, 3.63) is 0 Å². The number of ether oxygens (including phenoxy) is 4. The second-order valence-corrected chi connectivity index (χ2v) is 10.8. The number of aliphatic hydroxyl groups is 4. The maximum atomic E-state index is 13.4. The molecule has 6 rings (SSSR count). The minimum absolute atomic E-state index is 0.792. The predicted octanol–water partition coefficient (Wildman–Crippen LogP) is -2.40. The molecular formula is C20H24O11. The fraction of sp³-hybridized carbons (Fsp3) is 0.850. The van der Waals surface area contributed by atoms with E-state index in [2.05, 4.69) is 0 Å². The molecule has 0 radical (unpaired) electrons. The molecule has 11 nitrogen and oxygen atoms in total. The van der Waals surface area contributed by atoms with Gasteiger partial charge in [0.1, 0.15) is 12.2 Å². The van der Waals surface area contributed by atoms with E-state index in [1.54, 1.807) is 20.8 Å². The van der Waals surface area contributed by atoms with E-state index in [9.17, 15) is 34.8 Å². The summed E-state index contributed by atoms with van der Waals surface area (Å²) in [6.07, 6.45) is -9.69. The van der Waals surface area contributed by atoms with E-state index < -0.39 is 94.0 Å². The van der Waals surface area contributed by atoms with Gasteiger partial charge in [-0.25, -0.2) is 9.59 Å². The number of hydrogen-bond acceptors (Lipinski definition) is 11. The minimum Gasteiger partial charge on any atom is -0.456 e. The molecule has 4 aliphatic heterocycles. The third-order valence-electron chi connectivity index (χ3n) is 8.95. The number of hydrogen-bond donors (Lipinski definition) is 4. The molecule has 2 aliphatic carbocycles. The predicted molar refractivity (Wildman–Crippen MR) is 93.4 cm³/mol. The Bertz CT molecular complexity index is 957. The van der Waals surface area contributed by atoms with Crippen molar-refractivity contribution in [3.63, 3.8) is 0 Å². The number of carbonyl (C=O) groups is 3. The highest BCUT2D eigenvalue weighted by Gasteiger charge is 3.05. The summed E-state index contributed by atoms with van der Waals surface area (Å²) in [5, 5.41) is 46.1. The quantitative estimate of drug-likeness (QED) is 0.234. The molecule has 4 saturated heterocycles. The topological polar surface area (TPSA) is 169 Å². The van der Waals surface area contributed by atoms with E-state index in [0.29, 0.717) is 0 Å². The summed E-state index contributed by atoms with van der Waals surface area (Å²) in [5.41, 5.74) is -9.40. The molecule has 31 heavy (non-hydrogen) atoms. The van der Waals surface area contributed by atoms with Crippen molar-refractivity contribution in [1.82, 2.24) is 0 Å². The molecule has 0 aromatic rings. The molecule has 2 spiro atoms. The van der Waals surface area contributed by atoms with Gasteiger partial charge in [0.05, 0.1) is 22.9 Å². The fourth-order valence-corrected chi connectivity index (χ4v) is 8.27. The molecule has 2 saturated carbocycles. The Morgan fingerprint density at radius 1 is 0.935 bits per heavy atom. The van der Waals surface area contributed by atoms with Crippen molar-refractivity contribution in [2.45, 2.75) is 75.7 Å². The molecule has 11 heteroatoms. The van der Waals surface area contributed by atoms with Gasteiger partial charge in [-0.3, -0.25) is 4.79 Å². The third kappa shape index (κ3) is 1.43. The van der Waals surface area contributed by atoms with Crippen LogP contribution in [0.15, 0.2) is 0 Å². The molecule has 4 N–H and O–H groups in total. The van der Waals surface area contributed by atoms with Crippen LogP contribution in [0.4, 0.5) is 0 Å². The van der Waals surface area contributed by atoms with Crippen molar-refractivity contribution >= 4 is 17.9 Å². The van der Waals surface area contributed by atoms with Crippen LogP contribution in [0.2, 0.25) is 0 Å². The average molecular weight is 440 g/mol. The summed E-state index contributed by atoms with van der Waals surface area (Å²) < 4.78 is 22.2. The molecule has 6 fully saturated rings. The van der Waals surface area contributed by atoms with E-state index in [0.717, 1.165) is 0 Å². The van der Waals surface area contributed by atoms with Gasteiger partial charge in [-0.15, -0.1) is 0 Å². The van der Waals surface area contributed by atoms with Gasteiger partial charge < -0.3 is 39.4 Å². The van der Waals surface area contributed by atoms with Crippen molar-refractivity contribution in [1.29, 1.82) is 0 Å². The summed E-state index contributed by atoms with van der Waals surface area (Å²) in [6.45, 7) is 6.63. The summed E-state index contributed by atoms with van der Waals surface area (Å²) in [7, 11) is 0. The van der Waals surface area contributed by atoms with Crippen LogP contribution in [0.25, 0.3) is 0 Å². The Morgan fingerprint density at radius 3 is 2.19 bits per heavy atom. The number of carbonyl (C=O) groups excluding carboxylic acids is 3. The summed E-state index contributed by atoms with van der Waals surface area (Å²) in [6, 6.07) is 0. The second-order valence-electron chi connectivity index (χ2n) is 10.8. The summed E-state index contributed by atoms with van der Waals surface area (Å²) >= 11 is 0. The largest absolute Gasteiger partial charge is 0.456 e. The Labute approximate surface area is 176 Å². The van der Waals surface area contributed by atoms with Gasteiger partial charge in [0.2, 0.25) is 11.9 Å². The Hall–Kier alpha value is -1.79. The zero-order chi connectivity index (χ0) is 22.7. The van der Waals surface area contributed by atoms with Crippen LogP contribution in [0, 0.1) is 28.1 Å². The molecule has 6 aliphatic rings. The number of fused-ring (bicyclic) bond motifs is 1. The Balaban J connectivity index is 1.75. The SMILES string of the molecule is C[C@@H]1C(=O)O[C@H]2[C@@H](O)[C@]34[C@@H]5OC(=O)[C@@]3(O[C@@H]3OC(=O)[C@H](O)[C@@]34[C@H](C(C)(C)C)[C@H]5O)[C@@]12O. The average Bonchev–Trinajstić information content (AvgIpc) is 3.35. The minimum atomic E-state index is -2.40. The normalized spacial score (nSPS) is 61.0. The Morgan fingerprint density at radius 2 is 1.58 bits per heavy atom. The lowest BCUT2D eigenvalue weighted by atomic mass is 9.51.